The normalized spacial score (nSPS) is 12.3. The topological polar surface area (TPSA) is 73.4 Å². The molecule has 9 aromatic rings. The number of aromatic amines is 3. The molecule has 10 rings (SSSR count). The highest BCUT2D eigenvalue weighted by molar-refractivity contribution is 9.10. The van der Waals surface area contributed by atoms with Crippen LogP contribution in [0.25, 0.3) is 101 Å². The molecule has 0 saturated carbocycles. The van der Waals surface area contributed by atoms with E-state index in [0.29, 0.717) is 32.0 Å². The first kappa shape index (κ1) is 36.5. The average molecular weight is 876 g/mol. The lowest BCUT2D eigenvalue weighted by atomic mass is 10.0. The van der Waals surface area contributed by atoms with E-state index in [1.807, 2.05) is 6.07 Å². The van der Waals surface area contributed by atoms with Gasteiger partial charge in [-0.2, -0.15) is 0 Å². The van der Waals surface area contributed by atoms with Crippen molar-refractivity contribution in [2.45, 2.75) is 0 Å². The summed E-state index contributed by atoms with van der Waals surface area (Å²) in [6.07, 6.45) is 2.58. The second kappa shape index (κ2) is 13.1. The summed E-state index contributed by atoms with van der Waals surface area (Å²) in [4.78, 5) is 13.4. The van der Waals surface area contributed by atoms with Gasteiger partial charge in [0, 0.05) is 60.6 Å². The summed E-state index contributed by atoms with van der Waals surface area (Å²) in [5.41, 5.74) is -2.47. The lowest BCUT2D eigenvalue weighted by Gasteiger charge is -2.10. The molecule has 0 spiro atoms. The molecule has 1 aliphatic heterocycles. The molecule has 0 fully saturated rings. The summed E-state index contributed by atoms with van der Waals surface area (Å²) in [7, 11) is 0. The number of H-pyrrole nitrogens is 3. The van der Waals surface area contributed by atoms with Gasteiger partial charge in [-0.25, -0.2) is 48.9 Å². The van der Waals surface area contributed by atoms with Crippen molar-refractivity contribution in [3.8, 4) is 33.4 Å². The molecule has 59 heavy (non-hydrogen) atoms. The zero-order valence-electron chi connectivity index (χ0n) is 29.1. The number of hydrogen-bond donors (Lipinski definition) is 3. The van der Waals surface area contributed by atoms with Gasteiger partial charge in [-0.15, -0.1) is 0 Å². The summed E-state index contributed by atoms with van der Waals surface area (Å²) >= 11 is 3.50. The molecule has 0 atom stereocenters. The van der Waals surface area contributed by atoms with Crippen LogP contribution in [0.2, 0.25) is 0 Å². The largest absolute Gasteiger partial charge is 0.454 e. The van der Waals surface area contributed by atoms with Crippen molar-refractivity contribution in [1.82, 2.24) is 19.9 Å². The van der Waals surface area contributed by atoms with Crippen LogP contribution in [-0.4, -0.2) is 19.9 Å². The van der Waals surface area contributed by atoms with Crippen LogP contribution in [0.3, 0.4) is 0 Å². The van der Waals surface area contributed by atoms with Gasteiger partial charge in [-0.3, -0.25) is 0 Å². The van der Waals surface area contributed by atoms with Gasteiger partial charge in [-0.05, 0) is 70.5 Å². The summed E-state index contributed by atoms with van der Waals surface area (Å²) in [5, 5.41) is 1.34. The minimum absolute atomic E-state index is 0.00758. The molecule has 3 N–H and O–H groups in total. The maximum atomic E-state index is 15.7. The van der Waals surface area contributed by atoms with Gasteiger partial charge >= 0.3 is 0 Å². The Morgan fingerprint density at radius 3 is 1.36 bits per heavy atom. The van der Waals surface area contributed by atoms with Gasteiger partial charge in [0.1, 0.15) is 11.2 Å². The zero-order chi connectivity index (χ0) is 41.2. The molecule has 292 valence electrons. The van der Waals surface area contributed by atoms with Crippen LogP contribution in [-0.2, 0) is 0 Å². The van der Waals surface area contributed by atoms with Crippen LogP contribution in [0, 0.1) is 58.2 Å². The Morgan fingerprint density at radius 1 is 0.390 bits per heavy atom. The second-order valence-corrected chi connectivity index (χ2v) is 14.3. The fourth-order valence-corrected chi connectivity index (χ4v) is 8.04. The average Bonchev–Trinajstić information content (AvgIpc) is 4.09. The van der Waals surface area contributed by atoms with Crippen LogP contribution in [0.1, 0.15) is 11.4 Å². The number of nitrogens with one attached hydrogen (secondary N) is 3. The van der Waals surface area contributed by atoms with Crippen LogP contribution in [0.4, 0.5) is 43.9 Å². The lowest BCUT2D eigenvalue weighted by molar-refractivity contribution is 0.381. The number of hydrogen-bond acceptors (Lipinski definition) is 2. The molecule has 0 saturated heterocycles. The summed E-state index contributed by atoms with van der Waals surface area (Å²) in [6.45, 7) is 0. The summed E-state index contributed by atoms with van der Waals surface area (Å²) in [5.74, 6) is -22.0. The third-order valence-electron chi connectivity index (χ3n) is 10.2. The quantitative estimate of drug-likeness (QED) is 0.0940. The molecule has 8 bridgehead atoms. The van der Waals surface area contributed by atoms with Crippen LogP contribution in [0.15, 0.2) is 81.7 Å². The lowest BCUT2D eigenvalue weighted by Crippen LogP contribution is -2.05. The van der Waals surface area contributed by atoms with Crippen molar-refractivity contribution in [2.24, 2.45) is 0 Å². The SMILES string of the molecule is Fc1c(F)c(F)c(-c2c3nc(c4ccc([nH]4)c(-c4c(F)c(F)c(F)c(F)c4F)c4ccc([nH]4)c(-c4cccc5c4oc4c(Br)cccc45)c4ccc2[nH]4)C=C3)c(F)c1F. The van der Waals surface area contributed by atoms with Gasteiger partial charge in [-0.1, -0.05) is 30.3 Å². The molecule has 5 aromatic heterocycles. The molecule has 5 nitrogen and oxygen atoms in total. The molecule has 16 heteroatoms. The summed E-state index contributed by atoms with van der Waals surface area (Å²) < 4.78 is 158. The van der Waals surface area contributed by atoms with Crippen molar-refractivity contribution in [1.29, 1.82) is 0 Å². The maximum absolute atomic E-state index is 15.7. The Morgan fingerprint density at radius 2 is 0.797 bits per heavy atom. The molecule has 1 aliphatic rings. The highest BCUT2D eigenvalue weighted by Crippen LogP contribution is 2.43. The van der Waals surface area contributed by atoms with E-state index in [-0.39, 0.29) is 50.1 Å². The van der Waals surface area contributed by atoms with Crippen LogP contribution < -0.4 is 0 Å². The van der Waals surface area contributed by atoms with Crippen molar-refractivity contribution < 1.29 is 48.3 Å². The van der Waals surface area contributed by atoms with E-state index in [9.17, 15) is 26.3 Å². The highest BCUT2D eigenvalue weighted by Gasteiger charge is 2.31. The maximum Gasteiger partial charge on any atom is 0.200 e. The number of benzene rings is 4. The fraction of sp³-hybridized carbons (Fsp3) is 0. The van der Waals surface area contributed by atoms with Crippen molar-refractivity contribution in [3.63, 3.8) is 0 Å². The molecule has 0 aliphatic carbocycles. The van der Waals surface area contributed by atoms with Crippen LogP contribution in [0.5, 0.6) is 0 Å². The second-order valence-electron chi connectivity index (χ2n) is 13.5. The molecule has 0 amide bonds. The number of para-hydroxylation sites is 2. The van der Waals surface area contributed by atoms with Gasteiger partial charge in [0.25, 0.3) is 0 Å². The first-order valence-electron chi connectivity index (χ1n) is 17.3. The molecule has 0 unspecified atom stereocenters. The number of fused-ring (bicyclic) bond motifs is 12. The van der Waals surface area contributed by atoms with E-state index in [1.165, 1.54) is 48.6 Å². The Hall–Kier alpha value is -6.81. The minimum Gasteiger partial charge on any atom is -0.454 e. The smallest absolute Gasteiger partial charge is 0.200 e. The third-order valence-corrected chi connectivity index (χ3v) is 10.9. The Bertz CT molecular complexity index is 3430. The number of aromatic nitrogens is 4. The summed E-state index contributed by atoms with van der Waals surface area (Å²) in [6, 6.07) is 18.8. The van der Waals surface area contributed by atoms with Gasteiger partial charge in [0.05, 0.1) is 32.5 Å². The first-order valence-corrected chi connectivity index (χ1v) is 18.1. The predicted molar refractivity (Wildman–Crippen MR) is 206 cm³/mol. The molecule has 4 aromatic carbocycles. The zero-order valence-corrected chi connectivity index (χ0v) is 30.7. The fourth-order valence-electron chi connectivity index (χ4n) is 7.60. The van der Waals surface area contributed by atoms with E-state index >= 15 is 17.6 Å². The Kier molecular flexibility index (Phi) is 8.11. The molecular weight excluding hydrogens is 858 g/mol. The number of nitrogens with zero attached hydrogens (tertiary/aromatic N) is 1. The van der Waals surface area contributed by atoms with Gasteiger partial charge < -0.3 is 19.4 Å². The molecule has 0 radical (unpaired) electrons. The van der Waals surface area contributed by atoms with Crippen molar-refractivity contribution in [3.05, 3.63) is 147 Å². The van der Waals surface area contributed by atoms with Gasteiger partial charge in [0.2, 0.25) is 11.6 Å². The Labute approximate surface area is 330 Å². The monoisotopic (exact) mass is 874 g/mol. The van der Waals surface area contributed by atoms with E-state index in [4.69, 9.17) is 4.42 Å². The van der Waals surface area contributed by atoms with E-state index in [2.05, 4.69) is 35.9 Å². The van der Waals surface area contributed by atoms with E-state index in [1.54, 1.807) is 30.3 Å². The Balaban J connectivity index is 1.43. The number of halogens is 11. The highest BCUT2D eigenvalue weighted by atomic mass is 79.9. The van der Waals surface area contributed by atoms with E-state index in [0.717, 1.165) is 0 Å². The number of furan rings is 1. The minimum atomic E-state index is -2.37. The van der Waals surface area contributed by atoms with Gasteiger partial charge in [0.15, 0.2) is 46.5 Å². The first-order chi connectivity index (χ1) is 28.3. The van der Waals surface area contributed by atoms with Crippen molar-refractivity contribution >= 4 is 83.1 Å². The van der Waals surface area contributed by atoms with E-state index < -0.39 is 80.4 Å². The number of rotatable bonds is 3. The predicted octanol–water partition coefficient (Wildman–Crippen LogP) is 13.7. The standard InChI is InChI=1S/C43H17BrF10N4O/c44-18-6-2-4-16-15-3-1-5-17(42(15)59-43(16)18)27-21-11-13-25(57-21)28(30-32(45)36(49)40(53)37(50)33(30)46)23-9-7-19(55-23)20-8-10-24(56-20)29(26-14-12-22(27)58-26)31-34(47)38(51)41(54)39(52)35(31)48/h1-14,55,57-58H. The molecule has 6 heterocycles. The molecular formula is C43H17BrF10N4O. The van der Waals surface area contributed by atoms with Crippen molar-refractivity contribution in [2.75, 3.05) is 0 Å². The van der Waals surface area contributed by atoms with Crippen LogP contribution >= 0.6 is 15.9 Å². The third kappa shape index (κ3) is 5.28.